The summed E-state index contributed by atoms with van der Waals surface area (Å²) in [5.74, 6) is -1.73. The Balaban J connectivity index is 1.92. The summed E-state index contributed by atoms with van der Waals surface area (Å²) in [6.07, 6.45) is -6.20. The number of phenolic OH excluding ortho intramolecular Hbond substituents is 3. The summed E-state index contributed by atoms with van der Waals surface area (Å²) in [5.41, 5.74) is -0.813. The second-order valence-electron chi connectivity index (χ2n) is 7.18. The van der Waals surface area contributed by atoms with Crippen LogP contribution in [0.4, 0.5) is 0 Å². The van der Waals surface area contributed by atoms with E-state index in [2.05, 4.69) is 0 Å². The van der Waals surface area contributed by atoms with Gasteiger partial charge in [-0.3, -0.25) is 4.79 Å². The van der Waals surface area contributed by atoms with E-state index in [0.29, 0.717) is 0 Å². The molecule has 0 bridgehead atoms. The maximum absolute atomic E-state index is 13.2. The van der Waals surface area contributed by atoms with Gasteiger partial charge in [0, 0.05) is 17.7 Å². The van der Waals surface area contributed by atoms with Crippen LogP contribution in [0, 0.1) is 0 Å². The number of aliphatic hydroxyl groups is 3. The predicted molar refractivity (Wildman–Crippen MR) is 108 cm³/mol. The van der Waals surface area contributed by atoms with Crippen LogP contribution in [-0.2, 0) is 4.74 Å². The molecule has 3 aromatic rings. The van der Waals surface area contributed by atoms with E-state index in [1.807, 2.05) is 0 Å². The number of hydrogen-bond acceptors (Lipinski definition) is 11. The van der Waals surface area contributed by atoms with Crippen LogP contribution < -0.4 is 14.9 Å². The van der Waals surface area contributed by atoms with Gasteiger partial charge < -0.3 is 49.3 Å². The van der Waals surface area contributed by atoms with Crippen LogP contribution >= 0.6 is 0 Å². The van der Waals surface area contributed by atoms with Gasteiger partial charge in [-0.25, -0.2) is 0 Å². The first-order valence-electron chi connectivity index (χ1n) is 9.44. The SMILES string of the molecule is COc1cc(-c2oc3cc(O)cc(O)c3c(=O)c2O[C@H]2OC[C@H](O)[C@@H](O)[C@@H]2O)ccc1O. The van der Waals surface area contributed by atoms with Gasteiger partial charge in [-0.05, 0) is 18.2 Å². The molecule has 0 spiro atoms. The lowest BCUT2D eigenvalue weighted by Crippen LogP contribution is -2.55. The van der Waals surface area contributed by atoms with Crippen molar-refractivity contribution in [1.82, 2.24) is 0 Å². The normalized spacial score (nSPS) is 23.2. The fourth-order valence-electron chi connectivity index (χ4n) is 3.38. The van der Waals surface area contributed by atoms with E-state index in [9.17, 15) is 35.4 Å². The van der Waals surface area contributed by atoms with Crippen molar-refractivity contribution in [3.8, 4) is 40.1 Å². The Morgan fingerprint density at radius 1 is 1.00 bits per heavy atom. The number of ether oxygens (including phenoxy) is 3. The summed E-state index contributed by atoms with van der Waals surface area (Å²) in [5, 5.41) is 59.3. The van der Waals surface area contributed by atoms with Crippen molar-refractivity contribution < 1.29 is 49.3 Å². The second-order valence-corrected chi connectivity index (χ2v) is 7.18. The van der Waals surface area contributed by atoms with E-state index in [1.54, 1.807) is 0 Å². The van der Waals surface area contributed by atoms with E-state index >= 15 is 0 Å². The average molecular weight is 448 g/mol. The molecule has 0 saturated carbocycles. The van der Waals surface area contributed by atoms with E-state index in [0.717, 1.165) is 12.1 Å². The van der Waals surface area contributed by atoms with Gasteiger partial charge in [0.1, 0.15) is 40.8 Å². The minimum atomic E-state index is -1.70. The lowest BCUT2D eigenvalue weighted by Gasteiger charge is -2.34. The van der Waals surface area contributed by atoms with Crippen molar-refractivity contribution in [2.45, 2.75) is 24.6 Å². The van der Waals surface area contributed by atoms with Gasteiger partial charge in [-0.15, -0.1) is 0 Å². The number of aliphatic hydroxyl groups excluding tert-OH is 3. The van der Waals surface area contributed by atoms with E-state index in [4.69, 9.17) is 18.6 Å². The van der Waals surface area contributed by atoms with Crippen molar-refractivity contribution >= 4 is 11.0 Å². The van der Waals surface area contributed by atoms with Crippen LogP contribution in [0.5, 0.6) is 28.7 Å². The Morgan fingerprint density at radius 3 is 2.47 bits per heavy atom. The fraction of sp³-hybridized carbons (Fsp3) is 0.286. The largest absolute Gasteiger partial charge is 0.508 e. The van der Waals surface area contributed by atoms with Crippen LogP contribution in [-0.4, -0.2) is 69.0 Å². The molecule has 1 aliphatic heterocycles. The third-order valence-corrected chi connectivity index (χ3v) is 5.05. The molecule has 2 heterocycles. The highest BCUT2D eigenvalue weighted by atomic mass is 16.7. The summed E-state index contributed by atoms with van der Waals surface area (Å²) >= 11 is 0. The smallest absolute Gasteiger partial charge is 0.239 e. The first-order valence-corrected chi connectivity index (χ1v) is 9.44. The summed E-state index contributed by atoms with van der Waals surface area (Å²) < 4.78 is 21.6. The molecule has 0 unspecified atom stereocenters. The summed E-state index contributed by atoms with van der Waals surface area (Å²) in [7, 11) is 1.32. The minimum Gasteiger partial charge on any atom is -0.508 e. The number of rotatable bonds is 4. The Kier molecular flexibility index (Phi) is 5.57. The number of benzene rings is 2. The standard InChI is InChI=1S/C21H20O11/c1-29-13-4-8(2-3-10(13)23)19-20(32-21-18(28)16(26)12(25)7-30-21)17(27)15-11(24)5-9(22)6-14(15)31-19/h2-6,12,16,18,21-26,28H,7H2,1H3/t12-,16+,18-,21+/m0/s1. The molecule has 2 aromatic carbocycles. The van der Waals surface area contributed by atoms with Gasteiger partial charge in [0.2, 0.25) is 17.5 Å². The maximum Gasteiger partial charge on any atom is 0.239 e. The summed E-state index contributed by atoms with van der Waals surface area (Å²) in [6, 6.07) is 6.10. The van der Waals surface area contributed by atoms with E-state index < -0.39 is 41.5 Å². The van der Waals surface area contributed by atoms with E-state index in [1.165, 1.54) is 25.3 Å². The minimum absolute atomic E-state index is 0.0578. The molecule has 0 radical (unpaired) electrons. The zero-order chi connectivity index (χ0) is 23.2. The van der Waals surface area contributed by atoms with Gasteiger partial charge in [-0.1, -0.05) is 0 Å². The molecule has 1 fully saturated rings. The molecular weight excluding hydrogens is 428 g/mol. The van der Waals surface area contributed by atoms with Crippen molar-refractivity contribution in [1.29, 1.82) is 0 Å². The molecule has 4 atom stereocenters. The van der Waals surface area contributed by atoms with Crippen molar-refractivity contribution in [2.75, 3.05) is 13.7 Å². The molecule has 0 amide bonds. The van der Waals surface area contributed by atoms with Crippen LogP contribution in [0.2, 0.25) is 0 Å². The topological polar surface area (TPSA) is 179 Å². The highest BCUT2D eigenvalue weighted by Crippen LogP contribution is 2.39. The molecular formula is C21H20O11. The monoisotopic (exact) mass is 448 g/mol. The molecule has 32 heavy (non-hydrogen) atoms. The first-order chi connectivity index (χ1) is 15.2. The number of methoxy groups -OCH3 is 1. The van der Waals surface area contributed by atoms with Gasteiger partial charge >= 0.3 is 0 Å². The molecule has 1 saturated heterocycles. The van der Waals surface area contributed by atoms with Gasteiger partial charge in [0.15, 0.2) is 17.3 Å². The van der Waals surface area contributed by atoms with Crippen molar-refractivity contribution in [2.24, 2.45) is 0 Å². The maximum atomic E-state index is 13.2. The quantitative estimate of drug-likeness (QED) is 0.325. The van der Waals surface area contributed by atoms with Crippen molar-refractivity contribution in [3.63, 3.8) is 0 Å². The Bertz CT molecular complexity index is 1220. The number of hydrogen-bond donors (Lipinski definition) is 6. The molecule has 11 nitrogen and oxygen atoms in total. The Morgan fingerprint density at radius 2 is 1.75 bits per heavy atom. The summed E-state index contributed by atoms with van der Waals surface area (Å²) in [4.78, 5) is 13.2. The lowest BCUT2D eigenvalue weighted by atomic mass is 10.1. The third-order valence-electron chi connectivity index (χ3n) is 5.05. The van der Waals surface area contributed by atoms with Gasteiger partial charge in [-0.2, -0.15) is 0 Å². The van der Waals surface area contributed by atoms with Crippen LogP contribution in [0.25, 0.3) is 22.3 Å². The first kappa shape index (κ1) is 21.7. The number of aromatic hydroxyl groups is 3. The van der Waals surface area contributed by atoms with Gasteiger partial charge in [0.25, 0.3) is 0 Å². The third kappa shape index (κ3) is 3.67. The molecule has 170 valence electrons. The highest BCUT2D eigenvalue weighted by molar-refractivity contribution is 5.88. The predicted octanol–water partition coefficient (Wildman–Crippen LogP) is 0.403. The zero-order valence-corrected chi connectivity index (χ0v) is 16.6. The van der Waals surface area contributed by atoms with Gasteiger partial charge in [0.05, 0.1) is 13.7 Å². The Hall–Kier alpha value is -3.51. The highest BCUT2D eigenvalue weighted by Gasteiger charge is 2.40. The Labute approximate surface area is 179 Å². The zero-order valence-electron chi connectivity index (χ0n) is 16.6. The molecule has 1 aliphatic rings. The average Bonchev–Trinajstić information content (AvgIpc) is 2.75. The number of fused-ring (bicyclic) bond motifs is 1. The molecule has 0 aliphatic carbocycles. The lowest BCUT2D eigenvalue weighted by molar-refractivity contribution is -0.242. The fourth-order valence-corrected chi connectivity index (χ4v) is 3.38. The molecule has 1 aromatic heterocycles. The van der Waals surface area contributed by atoms with E-state index in [-0.39, 0.29) is 46.1 Å². The molecule has 6 N–H and O–H groups in total. The number of phenols is 3. The van der Waals surface area contributed by atoms with Crippen LogP contribution in [0.3, 0.4) is 0 Å². The van der Waals surface area contributed by atoms with Crippen LogP contribution in [0.15, 0.2) is 39.5 Å². The van der Waals surface area contributed by atoms with Crippen LogP contribution in [0.1, 0.15) is 0 Å². The molecule has 4 rings (SSSR count). The molecule has 11 heteroatoms. The summed E-state index contributed by atoms with van der Waals surface area (Å²) in [6.45, 7) is -0.372. The second kappa shape index (κ2) is 8.20. The van der Waals surface area contributed by atoms with Crippen molar-refractivity contribution in [3.05, 3.63) is 40.6 Å².